The maximum atomic E-state index is 5.94. The highest BCUT2D eigenvalue weighted by atomic mass is 16.5. The van der Waals surface area contributed by atoms with Crippen molar-refractivity contribution in [2.24, 2.45) is 0 Å². The Morgan fingerprint density at radius 3 is 2.68 bits per heavy atom. The van der Waals surface area contributed by atoms with Gasteiger partial charge in [0.15, 0.2) is 0 Å². The summed E-state index contributed by atoms with van der Waals surface area (Å²) in [6.45, 7) is 5.40. The van der Waals surface area contributed by atoms with Gasteiger partial charge >= 0.3 is 0 Å². The van der Waals surface area contributed by atoms with Crippen LogP contribution in [-0.2, 0) is 6.54 Å². The summed E-state index contributed by atoms with van der Waals surface area (Å²) >= 11 is 0. The molecule has 0 unspecified atom stereocenters. The SMILES string of the molecule is CCOc1ccc(C)cc1NCc1ccccc1N. The average molecular weight is 256 g/mol. The van der Waals surface area contributed by atoms with Crippen LogP contribution in [-0.4, -0.2) is 6.61 Å². The van der Waals surface area contributed by atoms with Crippen LogP contribution >= 0.6 is 0 Å². The van der Waals surface area contributed by atoms with Gasteiger partial charge in [0.1, 0.15) is 5.75 Å². The molecule has 0 spiro atoms. The monoisotopic (exact) mass is 256 g/mol. The van der Waals surface area contributed by atoms with Crippen LogP contribution in [0, 0.1) is 6.92 Å². The van der Waals surface area contributed by atoms with Crippen molar-refractivity contribution in [1.29, 1.82) is 0 Å². The lowest BCUT2D eigenvalue weighted by molar-refractivity contribution is 0.341. The van der Waals surface area contributed by atoms with E-state index in [1.54, 1.807) is 0 Å². The zero-order valence-corrected chi connectivity index (χ0v) is 11.4. The Morgan fingerprint density at radius 2 is 1.95 bits per heavy atom. The molecule has 0 saturated heterocycles. The molecule has 0 fully saturated rings. The van der Waals surface area contributed by atoms with Crippen molar-refractivity contribution in [3.8, 4) is 5.75 Å². The van der Waals surface area contributed by atoms with Crippen LogP contribution in [0.4, 0.5) is 11.4 Å². The van der Waals surface area contributed by atoms with Crippen molar-refractivity contribution in [1.82, 2.24) is 0 Å². The number of rotatable bonds is 5. The predicted octanol–water partition coefficient (Wildman–Crippen LogP) is 3.59. The third kappa shape index (κ3) is 3.41. The molecule has 0 aliphatic heterocycles. The summed E-state index contributed by atoms with van der Waals surface area (Å²) in [5.41, 5.74) is 10.0. The van der Waals surface area contributed by atoms with Gasteiger partial charge in [0, 0.05) is 12.2 Å². The Bertz CT molecular complexity index is 552. The summed E-state index contributed by atoms with van der Waals surface area (Å²) in [5.74, 6) is 0.877. The Hall–Kier alpha value is -2.16. The molecule has 19 heavy (non-hydrogen) atoms. The Morgan fingerprint density at radius 1 is 1.16 bits per heavy atom. The fraction of sp³-hybridized carbons (Fsp3) is 0.250. The van der Waals surface area contributed by atoms with Gasteiger partial charge < -0.3 is 15.8 Å². The molecule has 3 N–H and O–H groups in total. The van der Waals surface area contributed by atoms with Gasteiger partial charge in [-0.2, -0.15) is 0 Å². The van der Waals surface area contributed by atoms with Crippen molar-refractivity contribution in [3.63, 3.8) is 0 Å². The molecule has 0 aliphatic carbocycles. The molecule has 100 valence electrons. The zero-order chi connectivity index (χ0) is 13.7. The van der Waals surface area contributed by atoms with Gasteiger partial charge in [-0.05, 0) is 43.2 Å². The van der Waals surface area contributed by atoms with Crippen molar-refractivity contribution in [2.75, 3.05) is 17.7 Å². The first-order valence-electron chi connectivity index (χ1n) is 6.51. The standard InChI is InChI=1S/C16H20N2O/c1-3-19-16-9-8-12(2)10-15(16)18-11-13-6-4-5-7-14(13)17/h4-10,18H,3,11,17H2,1-2H3. The number of ether oxygens (including phenoxy) is 1. The fourth-order valence-electron chi connectivity index (χ4n) is 1.95. The minimum Gasteiger partial charge on any atom is -0.492 e. The average Bonchev–Trinajstić information content (AvgIpc) is 2.41. The molecule has 3 nitrogen and oxygen atoms in total. The molecule has 0 amide bonds. The van der Waals surface area contributed by atoms with E-state index in [1.807, 2.05) is 43.3 Å². The summed E-state index contributed by atoms with van der Waals surface area (Å²) in [6.07, 6.45) is 0. The first kappa shape index (κ1) is 13.3. The minimum absolute atomic E-state index is 0.658. The lowest BCUT2D eigenvalue weighted by Crippen LogP contribution is -2.05. The quantitative estimate of drug-likeness (QED) is 0.804. The smallest absolute Gasteiger partial charge is 0.142 e. The van der Waals surface area contributed by atoms with Crippen molar-refractivity contribution in [2.45, 2.75) is 20.4 Å². The molecule has 2 aromatic rings. The number of anilines is 2. The van der Waals surface area contributed by atoms with Crippen LogP contribution in [0.25, 0.3) is 0 Å². The second-order valence-corrected chi connectivity index (χ2v) is 4.48. The zero-order valence-electron chi connectivity index (χ0n) is 11.4. The fourth-order valence-corrected chi connectivity index (χ4v) is 1.95. The van der Waals surface area contributed by atoms with Crippen LogP contribution in [0.3, 0.4) is 0 Å². The summed E-state index contributed by atoms with van der Waals surface area (Å²) in [6, 6.07) is 14.0. The Labute approximate surface area is 114 Å². The number of nitrogens with two attached hydrogens (primary N) is 1. The summed E-state index contributed by atoms with van der Waals surface area (Å²) < 4.78 is 5.62. The number of para-hydroxylation sites is 1. The maximum Gasteiger partial charge on any atom is 0.142 e. The van der Waals surface area contributed by atoms with Gasteiger partial charge in [0.25, 0.3) is 0 Å². The van der Waals surface area contributed by atoms with Crippen molar-refractivity contribution < 1.29 is 4.74 Å². The summed E-state index contributed by atoms with van der Waals surface area (Å²) in [7, 11) is 0. The highest BCUT2D eigenvalue weighted by Gasteiger charge is 2.04. The van der Waals surface area contributed by atoms with Crippen LogP contribution in [0.5, 0.6) is 5.75 Å². The first-order chi connectivity index (χ1) is 9.20. The van der Waals surface area contributed by atoms with E-state index < -0.39 is 0 Å². The highest BCUT2D eigenvalue weighted by molar-refractivity contribution is 5.59. The number of nitrogens with one attached hydrogen (secondary N) is 1. The number of hydrogen-bond donors (Lipinski definition) is 2. The van der Waals surface area contributed by atoms with E-state index >= 15 is 0 Å². The third-order valence-corrected chi connectivity index (χ3v) is 2.96. The molecule has 2 rings (SSSR count). The van der Waals surface area contributed by atoms with E-state index in [0.717, 1.165) is 22.7 Å². The van der Waals surface area contributed by atoms with Gasteiger partial charge in [-0.25, -0.2) is 0 Å². The van der Waals surface area contributed by atoms with Gasteiger partial charge in [0.2, 0.25) is 0 Å². The molecular weight excluding hydrogens is 236 g/mol. The molecule has 0 radical (unpaired) electrons. The molecular formula is C16H20N2O. The molecule has 0 saturated carbocycles. The predicted molar refractivity (Wildman–Crippen MR) is 80.5 cm³/mol. The van der Waals surface area contributed by atoms with Crippen LogP contribution in [0.1, 0.15) is 18.1 Å². The minimum atomic E-state index is 0.658. The highest BCUT2D eigenvalue weighted by Crippen LogP contribution is 2.26. The van der Waals surface area contributed by atoms with E-state index in [-0.39, 0.29) is 0 Å². The maximum absolute atomic E-state index is 5.94. The van der Waals surface area contributed by atoms with E-state index in [4.69, 9.17) is 10.5 Å². The van der Waals surface area contributed by atoms with Crippen molar-refractivity contribution in [3.05, 3.63) is 53.6 Å². The molecule has 3 heteroatoms. The van der Waals surface area contributed by atoms with E-state index in [1.165, 1.54) is 5.56 Å². The third-order valence-electron chi connectivity index (χ3n) is 2.96. The largest absolute Gasteiger partial charge is 0.492 e. The van der Waals surface area contributed by atoms with E-state index in [2.05, 4.69) is 18.3 Å². The van der Waals surface area contributed by atoms with E-state index in [0.29, 0.717) is 13.2 Å². The van der Waals surface area contributed by atoms with Gasteiger partial charge in [-0.15, -0.1) is 0 Å². The van der Waals surface area contributed by atoms with Crippen molar-refractivity contribution >= 4 is 11.4 Å². The lowest BCUT2D eigenvalue weighted by Gasteiger charge is -2.14. The first-order valence-corrected chi connectivity index (χ1v) is 6.51. The van der Waals surface area contributed by atoms with E-state index in [9.17, 15) is 0 Å². The topological polar surface area (TPSA) is 47.3 Å². The molecule has 0 bridgehead atoms. The van der Waals surface area contributed by atoms with Gasteiger partial charge in [0.05, 0.1) is 12.3 Å². The molecule has 0 aromatic heterocycles. The molecule has 0 heterocycles. The Kier molecular flexibility index (Phi) is 4.29. The number of nitrogen functional groups attached to an aromatic ring is 1. The Balaban J connectivity index is 2.14. The van der Waals surface area contributed by atoms with Gasteiger partial charge in [-0.1, -0.05) is 24.3 Å². The van der Waals surface area contributed by atoms with Crippen LogP contribution < -0.4 is 15.8 Å². The lowest BCUT2D eigenvalue weighted by atomic mass is 10.1. The molecule has 0 atom stereocenters. The normalized spacial score (nSPS) is 10.2. The number of benzene rings is 2. The summed E-state index contributed by atoms with van der Waals surface area (Å²) in [4.78, 5) is 0. The summed E-state index contributed by atoms with van der Waals surface area (Å²) in [5, 5.41) is 3.39. The van der Waals surface area contributed by atoms with Crippen LogP contribution in [0.15, 0.2) is 42.5 Å². The van der Waals surface area contributed by atoms with Crippen LogP contribution in [0.2, 0.25) is 0 Å². The second-order valence-electron chi connectivity index (χ2n) is 4.48. The number of hydrogen-bond acceptors (Lipinski definition) is 3. The van der Waals surface area contributed by atoms with Gasteiger partial charge in [-0.3, -0.25) is 0 Å². The number of aryl methyl sites for hydroxylation is 1. The molecule has 0 aliphatic rings. The molecule has 2 aromatic carbocycles. The second kappa shape index (κ2) is 6.14.